The molecule has 6 heteroatoms. The van der Waals surface area contributed by atoms with E-state index in [1.54, 1.807) is 0 Å². The maximum Gasteiger partial charge on any atom is 0.293 e. The lowest BCUT2D eigenvalue weighted by atomic mass is 9.77. The molecule has 1 aliphatic carbocycles. The Balaban J connectivity index is 1.42. The van der Waals surface area contributed by atoms with Crippen LogP contribution in [0.5, 0.6) is 0 Å². The summed E-state index contributed by atoms with van der Waals surface area (Å²) in [7, 11) is 0. The molecule has 0 radical (unpaired) electrons. The van der Waals surface area contributed by atoms with Crippen molar-refractivity contribution in [1.82, 2.24) is 0 Å². The van der Waals surface area contributed by atoms with E-state index >= 15 is 0 Å². The molecule has 0 amide bonds. The monoisotopic (exact) mass is 452 g/mol. The van der Waals surface area contributed by atoms with Crippen molar-refractivity contribution in [2.24, 2.45) is 0 Å². The van der Waals surface area contributed by atoms with E-state index in [1.807, 2.05) is 109 Å². The highest BCUT2D eigenvalue weighted by molar-refractivity contribution is 5.76. The minimum absolute atomic E-state index is 0.726. The zero-order valence-corrected chi connectivity index (χ0v) is 18.0. The SMILES string of the molecule is c1ccc(C2OOC3(O2)c2ccccc2-c2ccccc2C32OOC(c3ccccc3)O2)cc1. The highest BCUT2D eigenvalue weighted by atomic mass is 17.3. The first-order chi connectivity index (χ1) is 16.8. The second kappa shape index (κ2) is 7.58. The van der Waals surface area contributed by atoms with Gasteiger partial charge in [-0.15, -0.1) is 0 Å². The van der Waals surface area contributed by atoms with Crippen LogP contribution < -0.4 is 0 Å². The molecule has 4 aromatic rings. The van der Waals surface area contributed by atoms with E-state index in [0.29, 0.717) is 0 Å². The normalized spacial score (nSPS) is 29.3. The van der Waals surface area contributed by atoms with Crippen LogP contribution in [0, 0.1) is 0 Å². The third kappa shape index (κ3) is 2.72. The molecule has 4 atom stereocenters. The summed E-state index contributed by atoms with van der Waals surface area (Å²) in [4.78, 5) is 23.8. The Morgan fingerprint density at radius 1 is 0.441 bits per heavy atom. The van der Waals surface area contributed by atoms with Crippen molar-refractivity contribution in [3.63, 3.8) is 0 Å². The number of fused-ring (bicyclic) bond motifs is 6. The molecule has 7 rings (SSSR count). The Morgan fingerprint density at radius 3 is 1.26 bits per heavy atom. The molecule has 0 N–H and O–H groups in total. The molecule has 0 aromatic heterocycles. The van der Waals surface area contributed by atoms with Gasteiger partial charge < -0.3 is 9.47 Å². The van der Waals surface area contributed by atoms with Gasteiger partial charge in [-0.25, -0.2) is 0 Å². The van der Waals surface area contributed by atoms with Gasteiger partial charge in [0.05, 0.1) is 0 Å². The molecule has 4 aromatic carbocycles. The number of benzene rings is 4. The van der Waals surface area contributed by atoms with Crippen molar-refractivity contribution in [1.29, 1.82) is 0 Å². The van der Waals surface area contributed by atoms with Gasteiger partial charge in [-0.05, 0) is 11.1 Å². The molecule has 6 nitrogen and oxygen atoms in total. The molecular formula is C28H20O6. The van der Waals surface area contributed by atoms with Gasteiger partial charge in [0.1, 0.15) is 0 Å². The maximum absolute atomic E-state index is 6.61. The predicted molar refractivity (Wildman–Crippen MR) is 120 cm³/mol. The van der Waals surface area contributed by atoms with Crippen LogP contribution in [0.3, 0.4) is 0 Å². The lowest BCUT2D eigenvalue weighted by Crippen LogP contribution is -2.53. The van der Waals surface area contributed by atoms with Crippen molar-refractivity contribution in [2.45, 2.75) is 24.2 Å². The standard InChI is InChI=1S/C28H20O6/c1-3-11-19(12-4-1)25-29-27(33-31-25)23-17-9-7-15-21(23)22-16-8-10-18-24(22)28(27)30-26(32-34-28)20-13-5-2-6-14-20/h1-18,25-26H. The summed E-state index contributed by atoms with van der Waals surface area (Å²) in [5.41, 5.74) is 4.95. The minimum Gasteiger partial charge on any atom is -0.302 e. The molecular weight excluding hydrogens is 432 g/mol. The molecule has 4 unspecified atom stereocenters. The van der Waals surface area contributed by atoms with Crippen molar-refractivity contribution in [3.8, 4) is 11.1 Å². The molecule has 168 valence electrons. The average molecular weight is 452 g/mol. The van der Waals surface area contributed by atoms with E-state index in [1.165, 1.54) is 0 Å². The highest BCUT2D eigenvalue weighted by Gasteiger charge is 2.72. The summed E-state index contributed by atoms with van der Waals surface area (Å²) in [6.45, 7) is 0. The third-order valence-electron chi connectivity index (χ3n) is 6.48. The fraction of sp³-hybridized carbons (Fsp3) is 0.143. The average Bonchev–Trinajstić information content (AvgIpc) is 3.56. The molecule has 2 saturated heterocycles. The number of hydrogen-bond acceptors (Lipinski definition) is 6. The van der Waals surface area contributed by atoms with Gasteiger partial charge in [0.2, 0.25) is 12.6 Å². The van der Waals surface area contributed by atoms with E-state index < -0.39 is 24.2 Å². The van der Waals surface area contributed by atoms with Gasteiger partial charge in [0.25, 0.3) is 11.6 Å². The van der Waals surface area contributed by atoms with Crippen molar-refractivity contribution < 1.29 is 29.0 Å². The first-order valence-electron chi connectivity index (χ1n) is 11.1. The lowest BCUT2D eigenvalue weighted by Gasteiger charge is -2.44. The molecule has 2 fully saturated rings. The Labute approximate surface area is 196 Å². The third-order valence-corrected chi connectivity index (χ3v) is 6.48. The van der Waals surface area contributed by atoms with Gasteiger partial charge in [-0.3, -0.25) is 0 Å². The molecule has 2 aliphatic heterocycles. The predicted octanol–water partition coefficient (Wildman–Crippen LogP) is 6.03. The fourth-order valence-electron chi connectivity index (χ4n) is 4.92. The quantitative estimate of drug-likeness (QED) is 0.346. The van der Waals surface area contributed by atoms with Gasteiger partial charge >= 0.3 is 0 Å². The highest BCUT2D eigenvalue weighted by Crippen LogP contribution is 2.63. The summed E-state index contributed by atoms with van der Waals surface area (Å²) in [6.07, 6.45) is -1.58. The first-order valence-corrected chi connectivity index (χ1v) is 11.1. The zero-order valence-electron chi connectivity index (χ0n) is 18.0. The molecule has 0 saturated carbocycles. The summed E-state index contributed by atoms with van der Waals surface area (Å²) in [5, 5.41) is 0. The first kappa shape index (κ1) is 20.1. The molecule has 2 heterocycles. The van der Waals surface area contributed by atoms with Crippen molar-refractivity contribution >= 4 is 0 Å². The van der Waals surface area contributed by atoms with Crippen LogP contribution in [0.1, 0.15) is 34.8 Å². The van der Waals surface area contributed by atoms with E-state index in [9.17, 15) is 0 Å². The molecule has 2 spiro atoms. The number of ether oxygens (including phenoxy) is 2. The number of hydrogen-bond donors (Lipinski definition) is 0. The summed E-state index contributed by atoms with van der Waals surface area (Å²) < 4.78 is 13.2. The van der Waals surface area contributed by atoms with E-state index in [2.05, 4.69) is 0 Å². The Hall–Kier alpha value is -3.36. The summed E-state index contributed by atoms with van der Waals surface area (Å²) in [6, 6.07) is 35.0. The molecule has 34 heavy (non-hydrogen) atoms. The van der Waals surface area contributed by atoms with Crippen LogP contribution in [-0.2, 0) is 40.6 Å². The van der Waals surface area contributed by atoms with Gasteiger partial charge in [0.15, 0.2) is 0 Å². The summed E-state index contributed by atoms with van der Waals surface area (Å²) in [5.74, 6) is -3.16. The van der Waals surface area contributed by atoms with Crippen molar-refractivity contribution in [3.05, 3.63) is 131 Å². The van der Waals surface area contributed by atoms with E-state index in [0.717, 1.165) is 33.4 Å². The molecule has 3 aliphatic rings. The van der Waals surface area contributed by atoms with E-state index in [4.69, 9.17) is 29.0 Å². The smallest absolute Gasteiger partial charge is 0.293 e. The number of rotatable bonds is 2. The Bertz CT molecular complexity index is 1240. The van der Waals surface area contributed by atoms with E-state index in [-0.39, 0.29) is 0 Å². The fourth-order valence-corrected chi connectivity index (χ4v) is 4.92. The van der Waals surface area contributed by atoms with Crippen LogP contribution in [0.2, 0.25) is 0 Å². The second-order valence-electron chi connectivity index (χ2n) is 8.40. The summed E-state index contributed by atoms with van der Waals surface area (Å²) >= 11 is 0. The zero-order chi connectivity index (χ0) is 22.6. The topological polar surface area (TPSA) is 55.4 Å². The lowest BCUT2D eigenvalue weighted by molar-refractivity contribution is -0.462. The van der Waals surface area contributed by atoms with Gasteiger partial charge in [-0.1, -0.05) is 109 Å². The van der Waals surface area contributed by atoms with Crippen LogP contribution in [0.25, 0.3) is 11.1 Å². The van der Waals surface area contributed by atoms with Crippen LogP contribution in [0.4, 0.5) is 0 Å². The van der Waals surface area contributed by atoms with Gasteiger partial charge in [-0.2, -0.15) is 19.6 Å². The van der Waals surface area contributed by atoms with Crippen LogP contribution in [0.15, 0.2) is 109 Å². The van der Waals surface area contributed by atoms with Crippen molar-refractivity contribution in [2.75, 3.05) is 0 Å². The Kier molecular flexibility index (Phi) is 4.47. The van der Waals surface area contributed by atoms with Gasteiger partial charge in [0, 0.05) is 22.3 Å². The van der Waals surface area contributed by atoms with Crippen LogP contribution in [-0.4, -0.2) is 0 Å². The van der Waals surface area contributed by atoms with Crippen LogP contribution >= 0.6 is 0 Å². The molecule has 0 bridgehead atoms. The maximum atomic E-state index is 6.61. The largest absolute Gasteiger partial charge is 0.302 e. The second-order valence-corrected chi connectivity index (χ2v) is 8.40. The minimum atomic E-state index is -1.58. The Morgan fingerprint density at radius 2 is 0.824 bits per heavy atom.